The normalized spacial score (nSPS) is 11.5. The summed E-state index contributed by atoms with van der Waals surface area (Å²) in [6.07, 6.45) is -0.760. The molecule has 144 valence electrons. The van der Waals surface area contributed by atoms with Crippen LogP contribution < -0.4 is 14.8 Å². The minimum atomic E-state index is -0.760. The Hall–Kier alpha value is -3.31. The van der Waals surface area contributed by atoms with Crippen molar-refractivity contribution in [2.75, 3.05) is 18.5 Å². The Morgan fingerprint density at radius 1 is 0.821 bits per heavy atom. The number of aliphatic hydroxyl groups excluding tert-OH is 1. The van der Waals surface area contributed by atoms with Crippen LogP contribution in [0.5, 0.6) is 11.5 Å². The standard InChI is InChI=1S/C23H23NO4/c1-17(25)24-20-9-13-23(14-10-20)28-16-21(26)15-27-22-11-7-19(8-12-22)18-5-3-2-4-6-18/h2-14,21,26H,15-16H2,1H3,(H,24,25). The molecule has 0 aliphatic carbocycles. The summed E-state index contributed by atoms with van der Waals surface area (Å²) in [6, 6.07) is 24.8. The Morgan fingerprint density at radius 3 is 1.86 bits per heavy atom. The lowest BCUT2D eigenvalue weighted by atomic mass is 10.1. The Morgan fingerprint density at radius 2 is 1.32 bits per heavy atom. The zero-order chi connectivity index (χ0) is 19.8. The monoisotopic (exact) mass is 377 g/mol. The molecule has 0 aliphatic heterocycles. The van der Waals surface area contributed by atoms with Gasteiger partial charge in [0.1, 0.15) is 30.8 Å². The molecule has 1 amide bonds. The fourth-order valence-electron chi connectivity index (χ4n) is 2.64. The number of nitrogens with one attached hydrogen (secondary N) is 1. The molecule has 1 unspecified atom stereocenters. The van der Waals surface area contributed by atoms with Gasteiger partial charge in [0.25, 0.3) is 0 Å². The lowest BCUT2D eigenvalue weighted by Gasteiger charge is -2.14. The topological polar surface area (TPSA) is 67.8 Å². The molecule has 0 fully saturated rings. The molecular formula is C23H23NO4. The zero-order valence-corrected chi connectivity index (χ0v) is 15.7. The van der Waals surface area contributed by atoms with Gasteiger partial charge in [0, 0.05) is 12.6 Å². The van der Waals surface area contributed by atoms with Crippen LogP contribution in [0.1, 0.15) is 6.92 Å². The van der Waals surface area contributed by atoms with E-state index in [0.29, 0.717) is 17.2 Å². The SMILES string of the molecule is CC(=O)Nc1ccc(OCC(O)COc2ccc(-c3ccccc3)cc2)cc1. The summed E-state index contributed by atoms with van der Waals surface area (Å²) in [4.78, 5) is 11.0. The van der Waals surface area contributed by atoms with Crippen LogP contribution >= 0.6 is 0 Å². The largest absolute Gasteiger partial charge is 0.491 e. The molecule has 0 aliphatic rings. The highest BCUT2D eigenvalue weighted by Gasteiger charge is 2.07. The Labute approximate surface area is 164 Å². The summed E-state index contributed by atoms with van der Waals surface area (Å²) in [5, 5.41) is 12.8. The molecule has 0 radical (unpaired) electrons. The van der Waals surface area contributed by atoms with Gasteiger partial charge in [-0.25, -0.2) is 0 Å². The van der Waals surface area contributed by atoms with Gasteiger partial charge in [-0.2, -0.15) is 0 Å². The molecule has 28 heavy (non-hydrogen) atoms. The Bertz CT molecular complexity index is 877. The first kappa shape index (κ1) is 19.5. The van der Waals surface area contributed by atoms with Gasteiger partial charge < -0.3 is 19.9 Å². The van der Waals surface area contributed by atoms with E-state index in [4.69, 9.17) is 9.47 Å². The Kier molecular flexibility index (Phi) is 6.65. The smallest absolute Gasteiger partial charge is 0.221 e. The highest BCUT2D eigenvalue weighted by atomic mass is 16.5. The number of amides is 1. The van der Waals surface area contributed by atoms with E-state index in [9.17, 15) is 9.90 Å². The molecule has 0 aromatic heterocycles. The van der Waals surface area contributed by atoms with Crippen molar-refractivity contribution < 1.29 is 19.4 Å². The molecule has 0 bridgehead atoms. The van der Waals surface area contributed by atoms with Gasteiger partial charge in [-0.15, -0.1) is 0 Å². The third-order valence-electron chi connectivity index (χ3n) is 4.02. The molecule has 5 nitrogen and oxygen atoms in total. The van der Waals surface area contributed by atoms with E-state index in [0.717, 1.165) is 11.1 Å². The molecular weight excluding hydrogens is 354 g/mol. The van der Waals surface area contributed by atoms with E-state index in [1.165, 1.54) is 6.92 Å². The second-order valence-electron chi connectivity index (χ2n) is 6.37. The maximum absolute atomic E-state index is 11.0. The molecule has 1 atom stereocenters. The molecule has 5 heteroatoms. The third-order valence-corrected chi connectivity index (χ3v) is 4.02. The maximum atomic E-state index is 11.0. The minimum absolute atomic E-state index is 0.113. The summed E-state index contributed by atoms with van der Waals surface area (Å²) in [5.74, 6) is 1.18. The maximum Gasteiger partial charge on any atom is 0.221 e. The van der Waals surface area contributed by atoms with E-state index < -0.39 is 6.10 Å². The van der Waals surface area contributed by atoms with Gasteiger partial charge >= 0.3 is 0 Å². The third kappa shape index (κ3) is 5.86. The molecule has 0 saturated heterocycles. The lowest BCUT2D eigenvalue weighted by Crippen LogP contribution is -2.25. The van der Waals surface area contributed by atoms with Crippen LogP contribution in [-0.2, 0) is 4.79 Å². The van der Waals surface area contributed by atoms with Crippen LogP contribution in [-0.4, -0.2) is 30.3 Å². The van der Waals surface area contributed by atoms with Crippen LogP contribution in [0.4, 0.5) is 5.69 Å². The zero-order valence-electron chi connectivity index (χ0n) is 15.7. The van der Waals surface area contributed by atoms with Crippen molar-refractivity contribution in [3.05, 3.63) is 78.9 Å². The molecule has 0 spiro atoms. The molecule has 3 aromatic carbocycles. The molecule has 0 heterocycles. The highest BCUT2D eigenvalue weighted by Crippen LogP contribution is 2.22. The molecule has 3 rings (SSSR count). The van der Waals surface area contributed by atoms with Gasteiger partial charge in [0.05, 0.1) is 0 Å². The first-order valence-corrected chi connectivity index (χ1v) is 9.07. The highest BCUT2D eigenvalue weighted by molar-refractivity contribution is 5.88. The second-order valence-corrected chi connectivity index (χ2v) is 6.37. The van der Waals surface area contributed by atoms with Crippen molar-refractivity contribution in [1.29, 1.82) is 0 Å². The van der Waals surface area contributed by atoms with Gasteiger partial charge in [-0.05, 0) is 47.5 Å². The van der Waals surface area contributed by atoms with Gasteiger partial charge in [0.15, 0.2) is 0 Å². The number of hydrogen-bond donors (Lipinski definition) is 2. The Balaban J connectivity index is 1.44. The average molecular weight is 377 g/mol. The first-order chi connectivity index (χ1) is 13.6. The van der Waals surface area contributed by atoms with E-state index in [-0.39, 0.29) is 19.1 Å². The summed E-state index contributed by atoms with van der Waals surface area (Å²) in [6.45, 7) is 1.70. The summed E-state index contributed by atoms with van der Waals surface area (Å²) < 4.78 is 11.2. The van der Waals surface area contributed by atoms with E-state index in [1.54, 1.807) is 24.3 Å². The number of anilines is 1. The molecule has 2 N–H and O–H groups in total. The van der Waals surface area contributed by atoms with Crippen molar-refractivity contribution in [3.63, 3.8) is 0 Å². The van der Waals surface area contributed by atoms with Crippen molar-refractivity contribution in [3.8, 4) is 22.6 Å². The van der Waals surface area contributed by atoms with Crippen LogP contribution in [0.15, 0.2) is 78.9 Å². The summed E-state index contributed by atoms with van der Waals surface area (Å²) in [7, 11) is 0. The second kappa shape index (κ2) is 9.58. The predicted octanol–water partition coefficient (Wildman–Crippen LogP) is 4.13. The van der Waals surface area contributed by atoms with Crippen molar-refractivity contribution in [2.45, 2.75) is 13.0 Å². The number of benzene rings is 3. The number of rotatable bonds is 8. The van der Waals surface area contributed by atoms with Crippen LogP contribution in [0.25, 0.3) is 11.1 Å². The van der Waals surface area contributed by atoms with E-state index in [1.807, 2.05) is 42.5 Å². The van der Waals surface area contributed by atoms with Crippen LogP contribution in [0, 0.1) is 0 Å². The molecule has 0 saturated carbocycles. The van der Waals surface area contributed by atoms with Crippen molar-refractivity contribution in [2.24, 2.45) is 0 Å². The van der Waals surface area contributed by atoms with Gasteiger partial charge in [0.2, 0.25) is 5.91 Å². The fourth-order valence-corrected chi connectivity index (χ4v) is 2.64. The summed E-state index contributed by atoms with van der Waals surface area (Å²) in [5.41, 5.74) is 2.95. The number of hydrogen-bond acceptors (Lipinski definition) is 4. The van der Waals surface area contributed by atoms with E-state index >= 15 is 0 Å². The predicted molar refractivity (Wildman–Crippen MR) is 110 cm³/mol. The minimum Gasteiger partial charge on any atom is -0.491 e. The van der Waals surface area contributed by atoms with Crippen LogP contribution in [0.2, 0.25) is 0 Å². The number of carbonyl (C=O) groups is 1. The van der Waals surface area contributed by atoms with Crippen molar-refractivity contribution in [1.82, 2.24) is 0 Å². The average Bonchev–Trinajstić information content (AvgIpc) is 2.72. The lowest BCUT2D eigenvalue weighted by molar-refractivity contribution is -0.114. The fraction of sp³-hybridized carbons (Fsp3) is 0.174. The van der Waals surface area contributed by atoms with E-state index in [2.05, 4.69) is 17.4 Å². The number of ether oxygens (including phenoxy) is 2. The van der Waals surface area contributed by atoms with Crippen molar-refractivity contribution >= 4 is 11.6 Å². The number of aliphatic hydroxyl groups is 1. The quantitative estimate of drug-likeness (QED) is 0.619. The van der Waals surface area contributed by atoms with Gasteiger partial charge in [-0.1, -0.05) is 42.5 Å². The van der Waals surface area contributed by atoms with Crippen LogP contribution in [0.3, 0.4) is 0 Å². The number of carbonyl (C=O) groups excluding carboxylic acids is 1. The van der Waals surface area contributed by atoms with Gasteiger partial charge in [-0.3, -0.25) is 4.79 Å². The first-order valence-electron chi connectivity index (χ1n) is 9.07. The molecule has 3 aromatic rings. The summed E-state index contributed by atoms with van der Waals surface area (Å²) >= 11 is 0.